The highest BCUT2D eigenvalue weighted by molar-refractivity contribution is 7.99. The lowest BCUT2D eigenvalue weighted by atomic mass is 10.2. The highest BCUT2D eigenvalue weighted by Crippen LogP contribution is 2.09. The first kappa shape index (κ1) is 13.8. The van der Waals surface area contributed by atoms with Gasteiger partial charge < -0.3 is 5.32 Å². The van der Waals surface area contributed by atoms with Gasteiger partial charge in [-0.2, -0.15) is 11.8 Å². The summed E-state index contributed by atoms with van der Waals surface area (Å²) in [6.07, 6.45) is 3.41. The number of amides is 1. The van der Waals surface area contributed by atoms with Crippen molar-refractivity contribution < 1.29 is 4.79 Å². The Morgan fingerprint density at radius 3 is 2.64 bits per heavy atom. The Morgan fingerprint density at radius 1 is 1.36 bits per heavy atom. The first-order chi connectivity index (χ1) is 6.72. The lowest BCUT2D eigenvalue weighted by molar-refractivity contribution is -0.123. The zero-order valence-electron chi connectivity index (χ0n) is 9.64. The van der Waals surface area contributed by atoms with Crippen molar-refractivity contribution >= 4 is 17.7 Å². The lowest BCUT2D eigenvalue weighted by Crippen LogP contribution is -2.31. The first-order valence-electron chi connectivity index (χ1n) is 5.57. The van der Waals surface area contributed by atoms with Crippen molar-refractivity contribution in [3.05, 3.63) is 0 Å². The molecule has 0 aliphatic heterocycles. The monoisotopic (exact) mass is 217 g/mol. The number of carbonyl (C=O) groups excluding carboxylic acids is 1. The standard InChI is InChI=1S/C11H23NOS/c1-4-6-7-12-11(13)10(3)9-14-8-5-2/h10H,4-9H2,1-3H3,(H,12,13). The molecule has 0 aromatic carbocycles. The van der Waals surface area contributed by atoms with Crippen molar-refractivity contribution in [1.29, 1.82) is 0 Å². The van der Waals surface area contributed by atoms with Crippen molar-refractivity contribution in [2.75, 3.05) is 18.1 Å². The number of thioether (sulfide) groups is 1. The van der Waals surface area contributed by atoms with Crippen molar-refractivity contribution in [1.82, 2.24) is 5.32 Å². The van der Waals surface area contributed by atoms with E-state index in [0.29, 0.717) is 0 Å². The van der Waals surface area contributed by atoms with E-state index in [4.69, 9.17) is 0 Å². The summed E-state index contributed by atoms with van der Waals surface area (Å²) in [7, 11) is 0. The predicted octanol–water partition coefficient (Wildman–Crippen LogP) is 2.68. The molecule has 1 unspecified atom stereocenters. The molecule has 0 saturated heterocycles. The third-order valence-electron chi connectivity index (χ3n) is 1.99. The maximum atomic E-state index is 11.5. The molecule has 0 heterocycles. The highest BCUT2D eigenvalue weighted by atomic mass is 32.2. The SMILES string of the molecule is CCCCNC(=O)C(C)CSCCC. The summed E-state index contributed by atoms with van der Waals surface area (Å²) in [6.45, 7) is 7.13. The van der Waals surface area contributed by atoms with E-state index >= 15 is 0 Å². The van der Waals surface area contributed by atoms with Crippen molar-refractivity contribution in [3.63, 3.8) is 0 Å². The summed E-state index contributed by atoms with van der Waals surface area (Å²) in [4.78, 5) is 11.5. The summed E-state index contributed by atoms with van der Waals surface area (Å²) in [5.41, 5.74) is 0. The van der Waals surface area contributed by atoms with Gasteiger partial charge in [0.1, 0.15) is 0 Å². The fourth-order valence-corrected chi connectivity index (χ4v) is 2.00. The van der Waals surface area contributed by atoms with E-state index in [-0.39, 0.29) is 11.8 Å². The van der Waals surface area contributed by atoms with Crippen LogP contribution in [-0.2, 0) is 4.79 Å². The molecule has 3 heteroatoms. The van der Waals surface area contributed by atoms with Crippen LogP contribution < -0.4 is 5.32 Å². The van der Waals surface area contributed by atoms with Gasteiger partial charge in [-0.1, -0.05) is 27.2 Å². The van der Waals surface area contributed by atoms with Crippen LogP contribution in [0.2, 0.25) is 0 Å². The molecular formula is C11H23NOS. The summed E-state index contributed by atoms with van der Waals surface area (Å²) in [6, 6.07) is 0. The Morgan fingerprint density at radius 2 is 2.07 bits per heavy atom. The summed E-state index contributed by atoms with van der Waals surface area (Å²) < 4.78 is 0. The third kappa shape index (κ3) is 7.25. The molecule has 0 rings (SSSR count). The zero-order valence-corrected chi connectivity index (χ0v) is 10.5. The number of rotatable bonds is 8. The van der Waals surface area contributed by atoms with Gasteiger partial charge >= 0.3 is 0 Å². The molecule has 1 atom stereocenters. The molecular weight excluding hydrogens is 194 g/mol. The van der Waals surface area contributed by atoms with Gasteiger partial charge in [0, 0.05) is 18.2 Å². The third-order valence-corrected chi connectivity index (χ3v) is 3.43. The summed E-state index contributed by atoms with van der Waals surface area (Å²) in [5, 5.41) is 2.96. The average Bonchev–Trinajstić information content (AvgIpc) is 2.18. The molecule has 0 radical (unpaired) electrons. The molecule has 0 aromatic heterocycles. The topological polar surface area (TPSA) is 29.1 Å². The van der Waals surface area contributed by atoms with Crippen LogP contribution >= 0.6 is 11.8 Å². The van der Waals surface area contributed by atoms with E-state index in [1.165, 1.54) is 6.42 Å². The van der Waals surface area contributed by atoms with Gasteiger partial charge in [0.25, 0.3) is 0 Å². The van der Waals surface area contributed by atoms with Crippen LogP contribution in [0, 0.1) is 5.92 Å². The van der Waals surface area contributed by atoms with Crippen molar-refractivity contribution in [2.24, 2.45) is 5.92 Å². The molecule has 0 fully saturated rings. The van der Waals surface area contributed by atoms with Crippen LogP contribution in [0.5, 0.6) is 0 Å². The zero-order chi connectivity index (χ0) is 10.8. The molecule has 0 saturated carbocycles. The van der Waals surface area contributed by atoms with E-state index in [2.05, 4.69) is 19.2 Å². The van der Waals surface area contributed by atoms with Gasteiger partial charge in [-0.05, 0) is 18.6 Å². The number of unbranched alkanes of at least 4 members (excludes halogenated alkanes) is 1. The average molecular weight is 217 g/mol. The lowest BCUT2D eigenvalue weighted by Gasteiger charge is -2.11. The molecule has 1 amide bonds. The maximum absolute atomic E-state index is 11.5. The number of hydrogen-bond acceptors (Lipinski definition) is 2. The molecule has 84 valence electrons. The molecule has 1 N–H and O–H groups in total. The minimum atomic E-state index is 0.156. The van der Waals surface area contributed by atoms with E-state index in [1.807, 2.05) is 18.7 Å². The van der Waals surface area contributed by atoms with Crippen LogP contribution in [0.25, 0.3) is 0 Å². The normalized spacial score (nSPS) is 12.5. The van der Waals surface area contributed by atoms with Crippen LogP contribution in [0.1, 0.15) is 40.0 Å². The van der Waals surface area contributed by atoms with E-state index in [0.717, 1.165) is 30.9 Å². The Bertz CT molecular complexity index is 150. The van der Waals surface area contributed by atoms with Crippen LogP contribution in [0.4, 0.5) is 0 Å². The fourth-order valence-electron chi connectivity index (χ4n) is 1.04. The number of hydrogen-bond donors (Lipinski definition) is 1. The second-order valence-electron chi connectivity index (χ2n) is 3.62. The summed E-state index contributed by atoms with van der Waals surface area (Å²) >= 11 is 1.87. The highest BCUT2D eigenvalue weighted by Gasteiger charge is 2.11. The van der Waals surface area contributed by atoms with E-state index in [1.54, 1.807) is 0 Å². The Balaban J connectivity index is 3.44. The molecule has 0 bridgehead atoms. The van der Waals surface area contributed by atoms with Gasteiger partial charge in [-0.25, -0.2) is 0 Å². The fraction of sp³-hybridized carbons (Fsp3) is 0.909. The molecule has 0 spiro atoms. The Kier molecular flexibility index (Phi) is 9.26. The molecule has 0 aromatic rings. The first-order valence-corrected chi connectivity index (χ1v) is 6.73. The molecule has 0 aliphatic carbocycles. The van der Waals surface area contributed by atoms with Crippen molar-refractivity contribution in [3.8, 4) is 0 Å². The van der Waals surface area contributed by atoms with Gasteiger partial charge in [0.15, 0.2) is 0 Å². The second-order valence-corrected chi connectivity index (χ2v) is 4.77. The van der Waals surface area contributed by atoms with Gasteiger partial charge in [-0.15, -0.1) is 0 Å². The largest absolute Gasteiger partial charge is 0.356 e. The smallest absolute Gasteiger partial charge is 0.223 e. The van der Waals surface area contributed by atoms with Crippen molar-refractivity contribution in [2.45, 2.75) is 40.0 Å². The molecule has 0 aliphatic rings. The minimum absolute atomic E-state index is 0.156. The summed E-state index contributed by atoms with van der Waals surface area (Å²) in [5.74, 6) is 2.48. The maximum Gasteiger partial charge on any atom is 0.223 e. The van der Waals surface area contributed by atoms with Crippen LogP contribution in [-0.4, -0.2) is 24.0 Å². The molecule has 2 nitrogen and oxygen atoms in total. The van der Waals surface area contributed by atoms with Gasteiger partial charge in [0.05, 0.1) is 0 Å². The van der Waals surface area contributed by atoms with Gasteiger partial charge in [-0.3, -0.25) is 4.79 Å². The Labute approximate surface area is 92.2 Å². The van der Waals surface area contributed by atoms with Crippen LogP contribution in [0.15, 0.2) is 0 Å². The number of nitrogens with one attached hydrogen (secondary N) is 1. The van der Waals surface area contributed by atoms with E-state index < -0.39 is 0 Å². The van der Waals surface area contributed by atoms with Crippen LogP contribution in [0.3, 0.4) is 0 Å². The van der Waals surface area contributed by atoms with Gasteiger partial charge in [0.2, 0.25) is 5.91 Å². The minimum Gasteiger partial charge on any atom is -0.356 e. The predicted molar refractivity (Wildman–Crippen MR) is 64.7 cm³/mol. The Hall–Kier alpha value is -0.180. The number of carbonyl (C=O) groups is 1. The second kappa shape index (κ2) is 9.38. The quantitative estimate of drug-likeness (QED) is 0.633. The van der Waals surface area contributed by atoms with E-state index in [9.17, 15) is 4.79 Å². The molecule has 14 heavy (non-hydrogen) atoms.